The maximum atomic E-state index is 11.8. The fourth-order valence-corrected chi connectivity index (χ4v) is 3.86. The van der Waals surface area contributed by atoms with Crippen LogP contribution in [-0.4, -0.2) is 24.0 Å². The molecule has 0 aliphatic carbocycles. The van der Waals surface area contributed by atoms with Gasteiger partial charge in [0.15, 0.2) is 0 Å². The molecule has 0 saturated carbocycles. The summed E-state index contributed by atoms with van der Waals surface area (Å²) >= 11 is 3.52. The van der Waals surface area contributed by atoms with Crippen molar-refractivity contribution in [3.63, 3.8) is 0 Å². The smallest absolute Gasteiger partial charge is 0.230 e. The minimum Gasteiger partial charge on any atom is -0.355 e. The highest BCUT2D eigenvalue weighted by molar-refractivity contribution is 7.99. The van der Waals surface area contributed by atoms with Gasteiger partial charge >= 0.3 is 0 Å². The molecule has 1 amide bonds. The minimum absolute atomic E-state index is 0.129. The van der Waals surface area contributed by atoms with Gasteiger partial charge in [0.05, 0.1) is 5.75 Å². The summed E-state index contributed by atoms with van der Waals surface area (Å²) in [5, 5.41) is 2.99. The zero-order valence-corrected chi connectivity index (χ0v) is 15.1. The first-order valence-electron chi connectivity index (χ1n) is 7.76. The molecule has 2 aromatic carbocycles. The van der Waals surface area contributed by atoms with Crippen LogP contribution in [0.15, 0.2) is 54.6 Å². The minimum atomic E-state index is 0.129. The predicted octanol–water partition coefficient (Wildman–Crippen LogP) is 4.28. The molecule has 0 unspecified atom stereocenters. The molecule has 0 spiro atoms. The van der Waals surface area contributed by atoms with Gasteiger partial charge in [0.25, 0.3) is 0 Å². The second kappa shape index (κ2) is 10.4. The third kappa shape index (κ3) is 7.14. The molecule has 0 aliphatic rings. The van der Waals surface area contributed by atoms with E-state index < -0.39 is 0 Å². The number of thioether (sulfide) groups is 2. The number of amides is 1. The number of hydrogen-bond acceptors (Lipinski definition) is 3. The van der Waals surface area contributed by atoms with E-state index >= 15 is 0 Å². The Kier molecular flexibility index (Phi) is 8.12. The molecule has 4 heteroatoms. The summed E-state index contributed by atoms with van der Waals surface area (Å²) in [6.45, 7) is 2.85. The van der Waals surface area contributed by atoms with Crippen LogP contribution in [0.25, 0.3) is 0 Å². The molecule has 0 radical (unpaired) electrons. The zero-order chi connectivity index (χ0) is 16.3. The van der Waals surface area contributed by atoms with Crippen molar-refractivity contribution in [2.24, 2.45) is 0 Å². The summed E-state index contributed by atoms with van der Waals surface area (Å²) < 4.78 is 0. The van der Waals surface area contributed by atoms with Gasteiger partial charge in [-0.2, -0.15) is 11.8 Å². The van der Waals surface area contributed by atoms with Crippen LogP contribution < -0.4 is 5.32 Å². The highest BCUT2D eigenvalue weighted by atomic mass is 32.2. The van der Waals surface area contributed by atoms with Crippen molar-refractivity contribution in [3.05, 3.63) is 71.3 Å². The fraction of sp³-hybridized carbons (Fsp3) is 0.316. The highest BCUT2D eigenvalue weighted by Crippen LogP contribution is 2.15. The third-order valence-corrected chi connectivity index (χ3v) is 5.44. The molecule has 0 aromatic heterocycles. The van der Waals surface area contributed by atoms with Crippen molar-refractivity contribution in [2.75, 3.05) is 18.1 Å². The summed E-state index contributed by atoms with van der Waals surface area (Å²) in [6.07, 6.45) is 0. The summed E-state index contributed by atoms with van der Waals surface area (Å²) in [5.74, 6) is 3.49. The quantitative estimate of drug-likeness (QED) is 0.688. The number of benzene rings is 2. The molecule has 0 aliphatic heterocycles. The molecule has 0 fully saturated rings. The number of hydrogen-bond donors (Lipinski definition) is 1. The van der Waals surface area contributed by atoms with Crippen LogP contribution in [0.4, 0.5) is 0 Å². The van der Waals surface area contributed by atoms with E-state index in [1.54, 1.807) is 11.8 Å². The van der Waals surface area contributed by atoms with E-state index in [9.17, 15) is 4.79 Å². The first kappa shape index (κ1) is 18.0. The van der Waals surface area contributed by atoms with Gasteiger partial charge in [-0.05, 0) is 23.6 Å². The molecule has 0 heterocycles. The lowest BCUT2D eigenvalue weighted by molar-refractivity contribution is -0.118. The molecule has 1 N–H and O–H groups in total. The van der Waals surface area contributed by atoms with E-state index in [2.05, 4.69) is 48.6 Å². The second-order valence-electron chi connectivity index (χ2n) is 5.31. The highest BCUT2D eigenvalue weighted by Gasteiger charge is 2.03. The monoisotopic (exact) mass is 345 g/mol. The Labute approximate surface area is 147 Å². The topological polar surface area (TPSA) is 29.1 Å². The van der Waals surface area contributed by atoms with Crippen molar-refractivity contribution in [1.82, 2.24) is 5.32 Å². The lowest BCUT2D eigenvalue weighted by atomic mass is 10.1. The fourth-order valence-electron chi connectivity index (χ4n) is 2.10. The lowest BCUT2D eigenvalue weighted by Gasteiger charge is -2.07. The molecule has 2 aromatic rings. The van der Waals surface area contributed by atoms with Gasteiger partial charge in [-0.1, -0.05) is 54.6 Å². The van der Waals surface area contributed by atoms with Crippen LogP contribution in [0.1, 0.15) is 16.7 Å². The molecule has 0 atom stereocenters. The van der Waals surface area contributed by atoms with Crippen LogP contribution in [0.2, 0.25) is 0 Å². The SMILES string of the molecule is Cc1ccccc1CSCC(=O)NCCSCc1ccccc1. The van der Waals surface area contributed by atoms with Gasteiger partial charge in [-0.3, -0.25) is 4.79 Å². The van der Waals surface area contributed by atoms with Crippen molar-refractivity contribution in [3.8, 4) is 0 Å². The molecular weight excluding hydrogens is 322 g/mol. The summed E-state index contributed by atoms with van der Waals surface area (Å²) in [5.41, 5.74) is 3.93. The van der Waals surface area contributed by atoms with E-state index in [0.29, 0.717) is 5.75 Å². The van der Waals surface area contributed by atoms with Crippen LogP contribution in [0, 0.1) is 6.92 Å². The van der Waals surface area contributed by atoms with E-state index in [1.165, 1.54) is 16.7 Å². The molecule has 2 rings (SSSR count). The van der Waals surface area contributed by atoms with E-state index in [0.717, 1.165) is 23.8 Å². The molecule has 23 heavy (non-hydrogen) atoms. The first-order valence-corrected chi connectivity index (χ1v) is 10.1. The summed E-state index contributed by atoms with van der Waals surface area (Å²) in [7, 11) is 0. The Morgan fingerprint density at radius 2 is 1.70 bits per heavy atom. The standard InChI is InChI=1S/C19H23NOS2/c1-16-7-5-6-10-18(16)14-23-15-19(21)20-11-12-22-13-17-8-3-2-4-9-17/h2-10H,11-15H2,1H3,(H,20,21). The molecule has 0 saturated heterocycles. The average Bonchev–Trinajstić information content (AvgIpc) is 2.57. The molecular formula is C19H23NOS2. The van der Waals surface area contributed by atoms with Crippen LogP contribution >= 0.6 is 23.5 Å². The Bertz CT molecular complexity index is 601. The Hall–Kier alpha value is -1.39. The number of carbonyl (C=O) groups excluding carboxylic acids is 1. The molecule has 0 bridgehead atoms. The number of aryl methyl sites for hydroxylation is 1. The maximum absolute atomic E-state index is 11.8. The van der Waals surface area contributed by atoms with Crippen LogP contribution in [-0.2, 0) is 16.3 Å². The van der Waals surface area contributed by atoms with E-state index in [4.69, 9.17) is 0 Å². The van der Waals surface area contributed by atoms with Gasteiger partial charge in [0.2, 0.25) is 5.91 Å². The van der Waals surface area contributed by atoms with Gasteiger partial charge in [0, 0.05) is 23.8 Å². The molecule has 2 nitrogen and oxygen atoms in total. The summed E-state index contributed by atoms with van der Waals surface area (Å²) in [4.78, 5) is 11.8. The second-order valence-corrected chi connectivity index (χ2v) is 7.40. The van der Waals surface area contributed by atoms with Gasteiger partial charge in [-0.25, -0.2) is 0 Å². The van der Waals surface area contributed by atoms with Crippen molar-refractivity contribution in [2.45, 2.75) is 18.4 Å². The van der Waals surface area contributed by atoms with Gasteiger partial charge in [0.1, 0.15) is 0 Å². The van der Waals surface area contributed by atoms with Crippen molar-refractivity contribution in [1.29, 1.82) is 0 Å². The van der Waals surface area contributed by atoms with Gasteiger partial charge in [-0.15, -0.1) is 11.8 Å². The Morgan fingerprint density at radius 3 is 2.48 bits per heavy atom. The van der Waals surface area contributed by atoms with Crippen LogP contribution in [0.5, 0.6) is 0 Å². The number of carbonyl (C=O) groups is 1. The number of nitrogens with one attached hydrogen (secondary N) is 1. The number of rotatable bonds is 9. The zero-order valence-electron chi connectivity index (χ0n) is 13.5. The first-order chi connectivity index (χ1) is 11.3. The Balaban J connectivity index is 1.53. The average molecular weight is 346 g/mol. The van der Waals surface area contributed by atoms with Crippen molar-refractivity contribution >= 4 is 29.4 Å². The Morgan fingerprint density at radius 1 is 0.957 bits per heavy atom. The maximum Gasteiger partial charge on any atom is 0.230 e. The van der Waals surface area contributed by atoms with Crippen molar-refractivity contribution < 1.29 is 4.79 Å². The third-order valence-electron chi connectivity index (χ3n) is 3.43. The van der Waals surface area contributed by atoms with Gasteiger partial charge < -0.3 is 5.32 Å². The summed E-state index contributed by atoms with van der Waals surface area (Å²) in [6, 6.07) is 18.7. The largest absolute Gasteiger partial charge is 0.355 e. The van der Waals surface area contributed by atoms with Crippen LogP contribution in [0.3, 0.4) is 0 Å². The van der Waals surface area contributed by atoms with E-state index in [-0.39, 0.29) is 5.91 Å². The van der Waals surface area contributed by atoms with E-state index in [1.807, 2.05) is 30.0 Å². The normalized spacial score (nSPS) is 10.5. The predicted molar refractivity (Wildman–Crippen MR) is 103 cm³/mol. The lowest BCUT2D eigenvalue weighted by Crippen LogP contribution is -2.27. The molecule has 122 valence electrons.